The molecule has 0 aliphatic rings. The van der Waals surface area contributed by atoms with Crippen molar-refractivity contribution in [1.82, 2.24) is 9.97 Å². The number of rotatable bonds is 3. The van der Waals surface area contributed by atoms with Gasteiger partial charge in [0.15, 0.2) is 0 Å². The second-order valence-corrected chi connectivity index (χ2v) is 6.64. The van der Waals surface area contributed by atoms with Crippen LogP contribution in [0.5, 0.6) is 0 Å². The number of aryl methyl sites for hydroxylation is 1. The molecule has 0 aromatic carbocycles. The zero-order valence-corrected chi connectivity index (χ0v) is 13.5. The minimum atomic E-state index is -0.532. The van der Waals surface area contributed by atoms with Crippen LogP contribution in [-0.4, -0.2) is 21.7 Å². The predicted octanol–water partition coefficient (Wildman–Crippen LogP) is 4.11. The Kier molecular flexibility index (Phi) is 4.57. The van der Waals surface area contributed by atoms with Gasteiger partial charge >= 0.3 is 6.09 Å². The molecule has 1 N–H and O–H groups in total. The molecule has 0 spiro atoms. The van der Waals surface area contributed by atoms with Crippen molar-refractivity contribution >= 4 is 23.2 Å². The van der Waals surface area contributed by atoms with Gasteiger partial charge < -0.3 is 4.74 Å². The van der Waals surface area contributed by atoms with E-state index < -0.39 is 11.7 Å². The van der Waals surface area contributed by atoms with Crippen LogP contribution in [0.3, 0.4) is 0 Å². The van der Waals surface area contributed by atoms with E-state index in [0.29, 0.717) is 5.82 Å². The van der Waals surface area contributed by atoms with Gasteiger partial charge in [-0.2, -0.15) is 0 Å². The zero-order chi connectivity index (χ0) is 15.5. The second kappa shape index (κ2) is 6.22. The van der Waals surface area contributed by atoms with E-state index in [9.17, 15) is 4.79 Å². The lowest BCUT2D eigenvalue weighted by molar-refractivity contribution is 0.0635. The number of thiazole rings is 1. The van der Waals surface area contributed by atoms with Gasteiger partial charge in [0, 0.05) is 12.4 Å². The summed E-state index contributed by atoms with van der Waals surface area (Å²) in [5.41, 5.74) is 0.448. The minimum absolute atomic E-state index is 0.466. The number of hydrogen-bond donors (Lipinski definition) is 1. The van der Waals surface area contributed by atoms with Crippen LogP contribution < -0.4 is 5.32 Å². The standard InChI is InChI=1S/C15H19N3O2S/c1-5-13-17-9-11(21-13)10-6-7-16-12(8-10)18-14(19)20-15(2,3)4/h6-9H,5H2,1-4H3,(H,16,18,19). The number of nitrogens with zero attached hydrogens (tertiary/aromatic N) is 2. The first-order chi connectivity index (χ1) is 9.87. The Morgan fingerprint density at radius 3 is 2.76 bits per heavy atom. The van der Waals surface area contributed by atoms with Gasteiger partial charge in [0.05, 0.1) is 9.88 Å². The number of aromatic nitrogens is 2. The Balaban J connectivity index is 2.12. The minimum Gasteiger partial charge on any atom is -0.444 e. The number of amides is 1. The summed E-state index contributed by atoms with van der Waals surface area (Å²) in [6.45, 7) is 7.53. The van der Waals surface area contributed by atoms with E-state index in [1.165, 1.54) is 0 Å². The molecule has 2 aromatic rings. The van der Waals surface area contributed by atoms with Crippen LogP contribution in [0.25, 0.3) is 10.4 Å². The highest BCUT2D eigenvalue weighted by atomic mass is 32.1. The average Bonchev–Trinajstić information content (AvgIpc) is 2.85. The molecule has 0 atom stereocenters. The van der Waals surface area contributed by atoms with Gasteiger partial charge in [-0.3, -0.25) is 5.32 Å². The molecule has 2 aromatic heterocycles. The molecule has 6 heteroatoms. The molecule has 0 aliphatic carbocycles. The van der Waals surface area contributed by atoms with Crippen molar-refractivity contribution in [2.45, 2.75) is 39.7 Å². The van der Waals surface area contributed by atoms with Gasteiger partial charge in [-0.15, -0.1) is 11.3 Å². The quantitative estimate of drug-likeness (QED) is 0.926. The first-order valence-corrected chi connectivity index (χ1v) is 7.60. The lowest BCUT2D eigenvalue weighted by Gasteiger charge is -2.19. The highest BCUT2D eigenvalue weighted by molar-refractivity contribution is 7.15. The maximum absolute atomic E-state index is 11.7. The summed E-state index contributed by atoms with van der Waals surface area (Å²) in [4.78, 5) is 21.3. The van der Waals surface area contributed by atoms with Crippen molar-refractivity contribution < 1.29 is 9.53 Å². The normalized spacial score (nSPS) is 11.2. The van der Waals surface area contributed by atoms with E-state index in [0.717, 1.165) is 21.9 Å². The third kappa shape index (κ3) is 4.53. The molecule has 0 radical (unpaired) electrons. The van der Waals surface area contributed by atoms with E-state index in [2.05, 4.69) is 22.2 Å². The van der Waals surface area contributed by atoms with Crippen molar-refractivity contribution in [1.29, 1.82) is 0 Å². The lowest BCUT2D eigenvalue weighted by atomic mass is 10.2. The van der Waals surface area contributed by atoms with Crippen LogP contribution in [0.1, 0.15) is 32.7 Å². The predicted molar refractivity (Wildman–Crippen MR) is 84.6 cm³/mol. The van der Waals surface area contributed by atoms with Crippen LogP contribution in [0, 0.1) is 0 Å². The van der Waals surface area contributed by atoms with E-state index in [4.69, 9.17) is 4.74 Å². The number of carbonyl (C=O) groups is 1. The van der Waals surface area contributed by atoms with Crippen molar-refractivity contribution in [3.05, 3.63) is 29.5 Å². The van der Waals surface area contributed by atoms with Crippen LogP contribution in [0.4, 0.5) is 10.6 Å². The van der Waals surface area contributed by atoms with Gasteiger partial charge in [0.1, 0.15) is 11.4 Å². The molecule has 0 aliphatic heterocycles. The van der Waals surface area contributed by atoms with Crippen molar-refractivity contribution in [3.63, 3.8) is 0 Å². The Bertz CT molecular complexity index is 632. The molecule has 0 bridgehead atoms. The van der Waals surface area contributed by atoms with Crippen molar-refractivity contribution in [2.75, 3.05) is 5.32 Å². The van der Waals surface area contributed by atoms with Crippen LogP contribution in [0.15, 0.2) is 24.5 Å². The fraction of sp³-hybridized carbons (Fsp3) is 0.400. The molecule has 112 valence electrons. The largest absolute Gasteiger partial charge is 0.444 e. The molecule has 1 amide bonds. The maximum Gasteiger partial charge on any atom is 0.413 e. The fourth-order valence-electron chi connectivity index (χ4n) is 1.67. The molecule has 5 nitrogen and oxygen atoms in total. The second-order valence-electron chi connectivity index (χ2n) is 5.53. The number of anilines is 1. The molecule has 0 saturated heterocycles. The van der Waals surface area contributed by atoms with E-state index in [-0.39, 0.29) is 0 Å². The van der Waals surface area contributed by atoms with Crippen LogP contribution >= 0.6 is 11.3 Å². The third-order valence-electron chi connectivity index (χ3n) is 2.53. The molecular weight excluding hydrogens is 286 g/mol. The van der Waals surface area contributed by atoms with E-state index in [1.807, 2.05) is 39.1 Å². The van der Waals surface area contributed by atoms with Gasteiger partial charge in [0.25, 0.3) is 0 Å². The summed E-state index contributed by atoms with van der Waals surface area (Å²) in [5.74, 6) is 0.466. The monoisotopic (exact) mass is 305 g/mol. The van der Waals surface area contributed by atoms with Crippen molar-refractivity contribution in [3.8, 4) is 10.4 Å². The number of ether oxygens (including phenoxy) is 1. The van der Waals surface area contributed by atoms with E-state index in [1.54, 1.807) is 17.5 Å². The number of hydrogen-bond acceptors (Lipinski definition) is 5. The topological polar surface area (TPSA) is 64.1 Å². The number of nitrogens with one attached hydrogen (secondary N) is 1. The molecule has 0 unspecified atom stereocenters. The first-order valence-electron chi connectivity index (χ1n) is 6.78. The van der Waals surface area contributed by atoms with Crippen molar-refractivity contribution in [2.24, 2.45) is 0 Å². The summed E-state index contributed by atoms with van der Waals surface area (Å²) in [7, 11) is 0. The summed E-state index contributed by atoms with van der Waals surface area (Å²) in [5, 5.41) is 3.73. The Labute approximate surface area is 128 Å². The summed E-state index contributed by atoms with van der Waals surface area (Å²) < 4.78 is 5.21. The fourth-order valence-corrected chi connectivity index (χ4v) is 2.52. The lowest BCUT2D eigenvalue weighted by Crippen LogP contribution is -2.27. The Morgan fingerprint density at radius 2 is 2.14 bits per heavy atom. The molecule has 2 heterocycles. The molecule has 2 rings (SSSR count). The molecule has 0 fully saturated rings. The average molecular weight is 305 g/mol. The third-order valence-corrected chi connectivity index (χ3v) is 3.72. The maximum atomic E-state index is 11.7. The Hall–Kier alpha value is -1.95. The molecule has 21 heavy (non-hydrogen) atoms. The van der Waals surface area contributed by atoms with Crippen LogP contribution in [0.2, 0.25) is 0 Å². The Morgan fingerprint density at radius 1 is 1.38 bits per heavy atom. The van der Waals surface area contributed by atoms with Gasteiger partial charge in [-0.1, -0.05) is 6.92 Å². The highest BCUT2D eigenvalue weighted by Crippen LogP contribution is 2.27. The highest BCUT2D eigenvalue weighted by Gasteiger charge is 2.16. The van der Waals surface area contributed by atoms with Gasteiger partial charge in [0.2, 0.25) is 0 Å². The first kappa shape index (κ1) is 15.4. The number of carbonyl (C=O) groups excluding carboxylic acids is 1. The van der Waals surface area contributed by atoms with Gasteiger partial charge in [-0.05, 0) is 44.9 Å². The summed E-state index contributed by atoms with van der Waals surface area (Å²) in [6, 6.07) is 3.71. The van der Waals surface area contributed by atoms with Crippen LogP contribution in [-0.2, 0) is 11.2 Å². The number of pyridine rings is 1. The summed E-state index contributed by atoms with van der Waals surface area (Å²) >= 11 is 1.64. The SMILES string of the molecule is CCc1ncc(-c2ccnc(NC(=O)OC(C)(C)C)c2)s1. The van der Waals surface area contributed by atoms with E-state index >= 15 is 0 Å². The summed E-state index contributed by atoms with van der Waals surface area (Å²) in [6.07, 6.45) is 3.91. The smallest absolute Gasteiger partial charge is 0.413 e. The molecular formula is C15H19N3O2S. The molecule has 0 saturated carbocycles. The zero-order valence-electron chi connectivity index (χ0n) is 12.6. The van der Waals surface area contributed by atoms with Gasteiger partial charge in [-0.25, -0.2) is 14.8 Å².